The standard InChI is InChI=1S/2C15H30O2.C5H12O2/c2*1-2-3-4-5-6-7-8-9-10-11-12-13-14-15(16)17;1-5(2,3-6)4-7/h2*2-14H2,1H3,(H,16,17);6-7H,3-4H2,1-2H3. The van der Waals surface area contributed by atoms with E-state index in [0.717, 1.165) is 25.7 Å². The predicted molar refractivity (Wildman–Crippen MR) is 175 cm³/mol. The van der Waals surface area contributed by atoms with Crippen LogP contribution < -0.4 is 0 Å². The van der Waals surface area contributed by atoms with Crippen LogP contribution in [0.1, 0.15) is 195 Å². The molecule has 0 saturated heterocycles. The van der Waals surface area contributed by atoms with Crippen LogP contribution in [0.3, 0.4) is 0 Å². The molecule has 0 bridgehead atoms. The second-order valence-corrected chi connectivity index (χ2v) is 12.5. The van der Waals surface area contributed by atoms with E-state index in [1.54, 1.807) is 13.8 Å². The third kappa shape index (κ3) is 48.9. The zero-order valence-corrected chi connectivity index (χ0v) is 27.9. The second kappa shape index (κ2) is 36.9. The number of unbranched alkanes of at least 4 members (excludes halogenated alkanes) is 22. The summed E-state index contributed by atoms with van der Waals surface area (Å²) < 4.78 is 0. The average Bonchev–Trinajstić information content (AvgIpc) is 2.94. The molecule has 0 spiro atoms. The fourth-order valence-corrected chi connectivity index (χ4v) is 4.28. The van der Waals surface area contributed by atoms with Gasteiger partial charge in [0.1, 0.15) is 0 Å². The third-order valence-electron chi connectivity index (χ3n) is 7.34. The largest absolute Gasteiger partial charge is 0.481 e. The van der Waals surface area contributed by atoms with Gasteiger partial charge in [-0.25, -0.2) is 0 Å². The molecule has 0 aromatic carbocycles. The molecule has 0 aromatic rings. The zero-order chi connectivity index (χ0) is 31.5. The maximum Gasteiger partial charge on any atom is 0.303 e. The van der Waals surface area contributed by atoms with Crippen molar-refractivity contribution in [3.63, 3.8) is 0 Å². The van der Waals surface area contributed by atoms with Crippen LogP contribution in [0.5, 0.6) is 0 Å². The fraction of sp³-hybridized carbons (Fsp3) is 0.943. The first-order valence-corrected chi connectivity index (χ1v) is 17.3. The summed E-state index contributed by atoms with van der Waals surface area (Å²) in [5.74, 6) is -1.31. The topological polar surface area (TPSA) is 115 Å². The van der Waals surface area contributed by atoms with Crippen LogP contribution in [0, 0.1) is 5.41 Å². The van der Waals surface area contributed by atoms with E-state index < -0.39 is 11.9 Å². The number of rotatable bonds is 28. The average molecular weight is 589 g/mol. The first-order valence-electron chi connectivity index (χ1n) is 17.3. The van der Waals surface area contributed by atoms with Crippen molar-refractivity contribution in [2.24, 2.45) is 5.41 Å². The minimum atomic E-state index is -0.655. The quantitative estimate of drug-likeness (QED) is 0.0676. The Morgan fingerprint density at radius 1 is 0.415 bits per heavy atom. The Morgan fingerprint density at radius 2 is 0.610 bits per heavy atom. The molecule has 0 aliphatic heterocycles. The number of hydrogen-bond donors (Lipinski definition) is 4. The molecule has 0 radical (unpaired) electrons. The van der Waals surface area contributed by atoms with Crippen molar-refractivity contribution in [1.82, 2.24) is 0 Å². The molecule has 6 heteroatoms. The third-order valence-corrected chi connectivity index (χ3v) is 7.34. The van der Waals surface area contributed by atoms with Gasteiger partial charge in [0.2, 0.25) is 0 Å². The summed E-state index contributed by atoms with van der Waals surface area (Å²) in [7, 11) is 0. The summed E-state index contributed by atoms with van der Waals surface area (Å²) in [6.45, 7) is 8.20. The Kier molecular flexibility index (Phi) is 39.9. The van der Waals surface area contributed by atoms with E-state index >= 15 is 0 Å². The van der Waals surface area contributed by atoms with Crippen LogP contribution in [0.25, 0.3) is 0 Å². The van der Waals surface area contributed by atoms with E-state index in [0.29, 0.717) is 12.8 Å². The molecule has 0 heterocycles. The maximum atomic E-state index is 10.3. The van der Waals surface area contributed by atoms with Crippen LogP contribution >= 0.6 is 0 Å². The van der Waals surface area contributed by atoms with Gasteiger partial charge in [-0.1, -0.05) is 169 Å². The van der Waals surface area contributed by atoms with Crippen LogP contribution in [-0.2, 0) is 9.59 Å². The highest BCUT2D eigenvalue weighted by molar-refractivity contribution is 5.66. The van der Waals surface area contributed by atoms with Gasteiger partial charge in [0.25, 0.3) is 0 Å². The molecule has 0 unspecified atom stereocenters. The number of aliphatic hydroxyl groups is 2. The molecule has 248 valence electrons. The van der Waals surface area contributed by atoms with Crippen LogP contribution in [0.4, 0.5) is 0 Å². The lowest BCUT2D eigenvalue weighted by Gasteiger charge is -2.16. The number of carboxylic acid groups (broad SMARTS) is 2. The van der Waals surface area contributed by atoms with Gasteiger partial charge in [-0.3, -0.25) is 9.59 Å². The molecule has 0 aliphatic carbocycles. The molecule has 0 aromatic heterocycles. The second-order valence-electron chi connectivity index (χ2n) is 12.5. The van der Waals surface area contributed by atoms with Crippen LogP contribution in [0.15, 0.2) is 0 Å². The molecular weight excluding hydrogens is 516 g/mol. The summed E-state index contributed by atoms with van der Waals surface area (Å²) >= 11 is 0. The van der Waals surface area contributed by atoms with Gasteiger partial charge in [0, 0.05) is 18.3 Å². The number of hydrogen-bond acceptors (Lipinski definition) is 4. The summed E-state index contributed by atoms with van der Waals surface area (Å²) in [6, 6.07) is 0. The summed E-state index contributed by atoms with van der Waals surface area (Å²) in [5, 5.41) is 33.8. The zero-order valence-electron chi connectivity index (χ0n) is 27.9. The van der Waals surface area contributed by atoms with E-state index in [4.69, 9.17) is 20.4 Å². The smallest absolute Gasteiger partial charge is 0.303 e. The lowest BCUT2D eigenvalue weighted by molar-refractivity contribution is -0.138. The van der Waals surface area contributed by atoms with E-state index in [-0.39, 0.29) is 18.6 Å². The minimum absolute atomic E-state index is 0.0451. The molecule has 0 fully saturated rings. The van der Waals surface area contributed by atoms with Crippen LogP contribution in [-0.4, -0.2) is 45.6 Å². The minimum Gasteiger partial charge on any atom is -0.481 e. The molecule has 0 atom stereocenters. The maximum absolute atomic E-state index is 10.3. The van der Waals surface area contributed by atoms with Crippen molar-refractivity contribution < 1.29 is 30.0 Å². The summed E-state index contributed by atoms with van der Waals surface area (Å²) in [5.41, 5.74) is -0.306. The molecule has 0 aliphatic rings. The van der Waals surface area contributed by atoms with Crippen molar-refractivity contribution in [2.45, 2.75) is 195 Å². The Balaban J connectivity index is -0.000000574. The van der Waals surface area contributed by atoms with Gasteiger partial charge >= 0.3 is 11.9 Å². The van der Waals surface area contributed by atoms with Crippen molar-refractivity contribution in [3.8, 4) is 0 Å². The lowest BCUT2D eigenvalue weighted by Crippen LogP contribution is -2.20. The van der Waals surface area contributed by atoms with E-state index in [1.807, 2.05) is 0 Å². The lowest BCUT2D eigenvalue weighted by atomic mass is 9.97. The van der Waals surface area contributed by atoms with E-state index in [1.165, 1.54) is 128 Å². The Labute approximate surface area is 255 Å². The predicted octanol–water partition coefficient (Wildman–Crippen LogP) is 10.3. The van der Waals surface area contributed by atoms with Crippen molar-refractivity contribution in [3.05, 3.63) is 0 Å². The van der Waals surface area contributed by atoms with Gasteiger partial charge in [-0.15, -0.1) is 0 Å². The van der Waals surface area contributed by atoms with Gasteiger partial charge in [-0.05, 0) is 12.8 Å². The van der Waals surface area contributed by atoms with Gasteiger partial charge < -0.3 is 20.4 Å². The van der Waals surface area contributed by atoms with E-state index in [9.17, 15) is 9.59 Å². The monoisotopic (exact) mass is 589 g/mol. The van der Waals surface area contributed by atoms with Gasteiger partial charge in [-0.2, -0.15) is 0 Å². The highest BCUT2D eigenvalue weighted by Crippen LogP contribution is 2.14. The first-order chi connectivity index (χ1) is 19.7. The van der Waals surface area contributed by atoms with Crippen molar-refractivity contribution >= 4 is 11.9 Å². The number of aliphatic hydroxyl groups excluding tert-OH is 2. The van der Waals surface area contributed by atoms with Crippen molar-refractivity contribution in [2.75, 3.05) is 13.2 Å². The van der Waals surface area contributed by atoms with Crippen molar-refractivity contribution in [1.29, 1.82) is 0 Å². The molecule has 41 heavy (non-hydrogen) atoms. The Hall–Kier alpha value is -1.14. The summed E-state index contributed by atoms with van der Waals surface area (Å²) in [4.78, 5) is 20.6. The highest BCUT2D eigenvalue weighted by Gasteiger charge is 2.13. The number of carbonyl (C=O) groups is 2. The Bertz CT molecular complexity index is 477. The Morgan fingerprint density at radius 3 is 0.756 bits per heavy atom. The molecule has 0 saturated carbocycles. The number of aliphatic carboxylic acids is 2. The van der Waals surface area contributed by atoms with E-state index in [2.05, 4.69) is 13.8 Å². The molecule has 0 rings (SSSR count). The molecule has 0 amide bonds. The first kappa shape index (κ1) is 44.3. The highest BCUT2D eigenvalue weighted by atomic mass is 16.4. The van der Waals surface area contributed by atoms with Gasteiger partial charge in [0.05, 0.1) is 13.2 Å². The molecule has 4 N–H and O–H groups in total. The summed E-state index contributed by atoms with van der Waals surface area (Å²) in [6.07, 6.45) is 31.6. The fourth-order valence-electron chi connectivity index (χ4n) is 4.28. The molecular formula is C35H72O6. The SMILES string of the molecule is CC(C)(CO)CO.CCCCCCCCCCCCCCC(=O)O.CCCCCCCCCCCCCCC(=O)O. The normalized spacial score (nSPS) is 10.9. The number of carboxylic acids is 2. The van der Waals surface area contributed by atoms with Crippen LogP contribution in [0.2, 0.25) is 0 Å². The molecule has 6 nitrogen and oxygen atoms in total. The van der Waals surface area contributed by atoms with Gasteiger partial charge in [0.15, 0.2) is 0 Å².